The molecule has 1 aromatic rings. The van der Waals surface area contributed by atoms with Crippen molar-refractivity contribution in [1.29, 1.82) is 0 Å². The molecule has 1 saturated carbocycles. The average Bonchev–Trinajstić information content (AvgIpc) is 2.87. The van der Waals surface area contributed by atoms with Gasteiger partial charge in [0, 0.05) is 0 Å². The fraction of sp³-hybridized carbons (Fsp3) is 0.273. The minimum atomic E-state index is 0.775. The molecule has 0 aliphatic heterocycles. The molecule has 1 aliphatic rings. The van der Waals surface area contributed by atoms with Crippen molar-refractivity contribution in [3.8, 4) is 0 Å². The molecule has 0 heterocycles. The lowest BCUT2D eigenvalue weighted by Crippen LogP contribution is -1.82. The van der Waals surface area contributed by atoms with E-state index in [1.54, 1.807) is 0 Å². The zero-order chi connectivity index (χ0) is 7.68. The van der Waals surface area contributed by atoms with Crippen LogP contribution in [-0.4, -0.2) is 0 Å². The summed E-state index contributed by atoms with van der Waals surface area (Å²) < 4.78 is 0. The number of benzene rings is 1. The summed E-state index contributed by atoms with van der Waals surface area (Å²) in [6.45, 7) is 4.07. The number of hydrogen-bond acceptors (Lipinski definition) is 0. The first-order chi connectivity index (χ1) is 5.38. The second-order valence-electron chi connectivity index (χ2n) is 3.09. The van der Waals surface area contributed by atoms with Crippen LogP contribution in [0, 0.1) is 12.0 Å². The highest BCUT2D eigenvalue weighted by molar-refractivity contribution is 5.66. The Labute approximate surface area is 67.6 Å². The van der Waals surface area contributed by atoms with Gasteiger partial charge in [-0.25, -0.2) is 0 Å². The van der Waals surface area contributed by atoms with Crippen molar-refractivity contribution < 1.29 is 0 Å². The maximum Gasteiger partial charge on any atom is -0.0161 e. The Morgan fingerprint density at radius 2 is 2.00 bits per heavy atom. The summed E-state index contributed by atoms with van der Waals surface area (Å²) in [6, 6.07) is 11.1. The van der Waals surface area contributed by atoms with E-state index in [9.17, 15) is 0 Å². The molecule has 2 rings (SSSR count). The van der Waals surface area contributed by atoms with Crippen LogP contribution < -0.4 is 0 Å². The highest BCUT2D eigenvalue weighted by atomic mass is 14.3. The van der Waals surface area contributed by atoms with Crippen LogP contribution in [0.4, 0.5) is 0 Å². The molecular weight excluding hydrogens is 132 g/mol. The van der Waals surface area contributed by atoms with Crippen LogP contribution in [0.5, 0.6) is 0 Å². The van der Waals surface area contributed by atoms with E-state index < -0.39 is 0 Å². The van der Waals surface area contributed by atoms with Crippen LogP contribution in [0.3, 0.4) is 0 Å². The summed E-state index contributed by atoms with van der Waals surface area (Å²) >= 11 is 0. The van der Waals surface area contributed by atoms with Crippen LogP contribution in [-0.2, 0) is 0 Å². The molecule has 55 valence electrons. The molecular formula is C11H11. The highest BCUT2D eigenvalue weighted by Crippen LogP contribution is 2.40. The third kappa shape index (κ3) is 1.35. The minimum absolute atomic E-state index is 0.775. The van der Waals surface area contributed by atoms with Gasteiger partial charge in [0.2, 0.25) is 0 Å². The van der Waals surface area contributed by atoms with Gasteiger partial charge in [-0.05, 0) is 36.0 Å². The van der Waals surface area contributed by atoms with Gasteiger partial charge in [-0.2, -0.15) is 0 Å². The van der Waals surface area contributed by atoms with E-state index >= 15 is 0 Å². The molecule has 0 unspecified atom stereocenters. The Hall–Kier alpha value is -1.04. The molecule has 0 heteroatoms. The van der Waals surface area contributed by atoms with Crippen LogP contribution in [0.15, 0.2) is 30.8 Å². The Bertz CT molecular complexity index is 255. The second kappa shape index (κ2) is 2.54. The van der Waals surface area contributed by atoms with Crippen molar-refractivity contribution in [2.24, 2.45) is 5.92 Å². The van der Waals surface area contributed by atoms with E-state index in [2.05, 4.69) is 24.8 Å². The lowest BCUT2D eigenvalue weighted by molar-refractivity contribution is 1.15. The standard InChI is InChI=1S/C11H11/c1-9(11-7-8-11)10-5-3-2-4-6-10/h3-6,11H,1,7-8H2. The van der Waals surface area contributed by atoms with Crippen LogP contribution >= 0.6 is 0 Å². The molecule has 1 aromatic carbocycles. The Balaban J connectivity index is 2.22. The van der Waals surface area contributed by atoms with E-state index in [1.807, 2.05) is 12.1 Å². The predicted molar refractivity (Wildman–Crippen MR) is 47.0 cm³/mol. The van der Waals surface area contributed by atoms with Crippen molar-refractivity contribution in [2.45, 2.75) is 12.8 Å². The predicted octanol–water partition coefficient (Wildman–Crippen LogP) is 2.91. The fourth-order valence-electron chi connectivity index (χ4n) is 1.27. The van der Waals surface area contributed by atoms with Gasteiger partial charge in [0.25, 0.3) is 0 Å². The van der Waals surface area contributed by atoms with Gasteiger partial charge in [-0.15, -0.1) is 0 Å². The molecule has 0 N–H and O–H groups in total. The molecule has 0 atom stereocenters. The van der Waals surface area contributed by atoms with Crippen molar-refractivity contribution >= 4 is 5.57 Å². The van der Waals surface area contributed by atoms with Crippen LogP contribution in [0.25, 0.3) is 5.57 Å². The van der Waals surface area contributed by atoms with Crippen molar-refractivity contribution in [1.82, 2.24) is 0 Å². The van der Waals surface area contributed by atoms with Gasteiger partial charge in [0.1, 0.15) is 0 Å². The van der Waals surface area contributed by atoms with Crippen LogP contribution in [0.1, 0.15) is 18.4 Å². The number of allylic oxidation sites excluding steroid dienone is 1. The maximum absolute atomic E-state index is 4.07. The highest BCUT2D eigenvalue weighted by Gasteiger charge is 2.24. The molecule has 11 heavy (non-hydrogen) atoms. The lowest BCUT2D eigenvalue weighted by atomic mass is 10.0. The summed E-state index contributed by atoms with van der Waals surface area (Å²) in [5.41, 5.74) is 2.59. The lowest BCUT2D eigenvalue weighted by Gasteiger charge is -2.01. The van der Waals surface area contributed by atoms with Gasteiger partial charge < -0.3 is 0 Å². The Morgan fingerprint density at radius 1 is 1.36 bits per heavy atom. The Kier molecular flexibility index (Phi) is 1.54. The van der Waals surface area contributed by atoms with Gasteiger partial charge >= 0.3 is 0 Å². The molecule has 0 saturated heterocycles. The summed E-state index contributed by atoms with van der Waals surface area (Å²) in [5.74, 6) is 0.775. The molecule has 0 nitrogen and oxygen atoms in total. The summed E-state index contributed by atoms with van der Waals surface area (Å²) in [6.07, 6.45) is 2.66. The zero-order valence-corrected chi connectivity index (χ0v) is 6.51. The summed E-state index contributed by atoms with van der Waals surface area (Å²) in [4.78, 5) is 0. The molecule has 1 aliphatic carbocycles. The first kappa shape index (κ1) is 6.66. The normalized spacial score (nSPS) is 16.4. The SMILES string of the molecule is C=C(c1cc[c]cc1)C1CC1. The van der Waals surface area contributed by atoms with E-state index in [-0.39, 0.29) is 0 Å². The zero-order valence-electron chi connectivity index (χ0n) is 6.51. The van der Waals surface area contributed by atoms with Crippen molar-refractivity contribution in [2.75, 3.05) is 0 Å². The molecule has 0 amide bonds. The molecule has 0 bridgehead atoms. The van der Waals surface area contributed by atoms with Gasteiger partial charge in [0.05, 0.1) is 0 Å². The van der Waals surface area contributed by atoms with Crippen LogP contribution in [0.2, 0.25) is 0 Å². The maximum atomic E-state index is 4.07. The average molecular weight is 143 g/mol. The molecule has 1 radical (unpaired) electrons. The van der Waals surface area contributed by atoms with E-state index in [4.69, 9.17) is 0 Å². The first-order valence-corrected chi connectivity index (χ1v) is 4.03. The first-order valence-electron chi connectivity index (χ1n) is 4.03. The second-order valence-corrected chi connectivity index (χ2v) is 3.09. The smallest absolute Gasteiger partial charge is 0.0161 e. The molecule has 0 aromatic heterocycles. The Morgan fingerprint density at radius 3 is 2.55 bits per heavy atom. The van der Waals surface area contributed by atoms with E-state index in [0.717, 1.165) is 5.92 Å². The summed E-state index contributed by atoms with van der Waals surface area (Å²) in [7, 11) is 0. The summed E-state index contributed by atoms with van der Waals surface area (Å²) in [5, 5.41) is 0. The van der Waals surface area contributed by atoms with Gasteiger partial charge in [-0.1, -0.05) is 30.8 Å². The largest absolute Gasteiger partial charge is 0.0950 e. The van der Waals surface area contributed by atoms with Crippen molar-refractivity contribution in [3.63, 3.8) is 0 Å². The van der Waals surface area contributed by atoms with E-state index in [0.29, 0.717) is 0 Å². The van der Waals surface area contributed by atoms with E-state index in [1.165, 1.54) is 24.0 Å². The third-order valence-electron chi connectivity index (χ3n) is 2.16. The monoisotopic (exact) mass is 143 g/mol. The minimum Gasteiger partial charge on any atom is -0.0950 e. The van der Waals surface area contributed by atoms with Crippen molar-refractivity contribution in [3.05, 3.63) is 42.5 Å². The van der Waals surface area contributed by atoms with Gasteiger partial charge in [0.15, 0.2) is 0 Å². The third-order valence-corrected chi connectivity index (χ3v) is 2.16. The topological polar surface area (TPSA) is 0 Å². The fourth-order valence-corrected chi connectivity index (χ4v) is 1.27. The van der Waals surface area contributed by atoms with Gasteiger partial charge in [-0.3, -0.25) is 0 Å². The molecule has 1 fully saturated rings. The number of rotatable bonds is 2. The quantitative estimate of drug-likeness (QED) is 0.597. The number of hydrogen-bond donors (Lipinski definition) is 0. The molecule has 0 spiro atoms.